The number of aromatic carboxylic acids is 1. The fourth-order valence-electron chi connectivity index (χ4n) is 2.93. The van der Waals surface area contributed by atoms with E-state index >= 15 is 0 Å². The van der Waals surface area contributed by atoms with Gasteiger partial charge in [0.2, 0.25) is 0 Å². The zero-order valence-corrected chi connectivity index (χ0v) is 12.7. The molecule has 1 heterocycles. The van der Waals surface area contributed by atoms with E-state index in [-0.39, 0.29) is 17.3 Å². The van der Waals surface area contributed by atoms with Gasteiger partial charge in [-0.2, -0.15) is 0 Å². The fourth-order valence-corrected chi connectivity index (χ4v) is 2.93. The molecule has 1 N–H and O–H groups in total. The van der Waals surface area contributed by atoms with Crippen LogP contribution in [0, 0.1) is 17.0 Å². The summed E-state index contributed by atoms with van der Waals surface area (Å²) in [6.07, 6.45) is 1.66. The van der Waals surface area contributed by atoms with E-state index in [9.17, 15) is 20.0 Å². The van der Waals surface area contributed by atoms with Crippen LogP contribution in [0.4, 0.5) is 11.4 Å². The highest BCUT2D eigenvalue weighted by molar-refractivity contribution is 5.92. The van der Waals surface area contributed by atoms with E-state index < -0.39 is 10.9 Å². The fraction of sp³-hybridized carbons (Fsp3) is 0.533. The Morgan fingerprint density at radius 3 is 2.59 bits per heavy atom. The monoisotopic (exact) mass is 308 g/mol. The van der Waals surface area contributed by atoms with Crippen molar-refractivity contribution in [3.8, 4) is 0 Å². The summed E-state index contributed by atoms with van der Waals surface area (Å²) in [5.74, 6) is -1.15. The van der Waals surface area contributed by atoms with Gasteiger partial charge in [0.25, 0.3) is 5.69 Å². The Hall–Kier alpha value is -2.15. The Morgan fingerprint density at radius 2 is 2.09 bits per heavy atom. The molecule has 22 heavy (non-hydrogen) atoms. The first-order valence-corrected chi connectivity index (χ1v) is 7.32. The molecule has 1 aromatic carbocycles. The van der Waals surface area contributed by atoms with E-state index in [4.69, 9.17) is 4.74 Å². The summed E-state index contributed by atoms with van der Waals surface area (Å²) < 4.78 is 5.36. The third-order valence-corrected chi connectivity index (χ3v) is 4.09. The van der Waals surface area contributed by atoms with Gasteiger partial charge in [0.1, 0.15) is 0 Å². The molecular formula is C15H20N2O5. The molecule has 0 atom stereocenters. The van der Waals surface area contributed by atoms with Gasteiger partial charge in [0, 0.05) is 43.6 Å². The average Bonchev–Trinajstić information content (AvgIpc) is 2.50. The Kier molecular flexibility index (Phi) is 4.97. The maximum absolute atomic E-state index is 11.4. The quantitative estimate of drug-likeness (QED) is 0.664. The van der Waals surface area contributed by atoms with E-state index in [1.54, 1.807) is 6.92 Å². The number of nitrogens with zero attached hydrogens (tertiary/aromatic N) is 2. The molecule has 0 bridgehead atoms. The van der Waals surface area contributed by atoms with Crippen molar-refractivity contribution in [3.05, 3.63) is 33.4 Å². The minimum Gasteiger partial charge on any atom is -0.478 e. The molecule has 0 saturated carbocycles. The molecule has 0 aliphatic carbocycles. The molecule has 1 aromatic rings. The van der Waals surface area contributed by atoms with Crippen LogP contribution in [0.3, 0.4) is 0 Å². The van der Waals surface area contributed by atoms with Gasteiger partial charge < -0.3 is 14.7 Å². The van der Waals surface area contributed by atoms with Crippen LogP contribution in [0.25, 0.3) is 0 Å². The van der Waals surface area contributed by atoms with Crippen LogP contribution in [0.2, 0.25) is 0 Å². The van der Waals surface area contributed by atoms with Crippen LogP contribution in [0.15, 0.2) is 12.1 Å². The van der Waals surface area contributed by atoms with Crippen molar-refractivity contribution in [1.82, 2.24) is 0 Å². The third kappa shape index (κ3) is 3.19. The molecule has 1 aliphatic heterocycles. The minimum absolute atomic E-state index is 0.0188. The highest BCUT2D eigenvalue weighted by Gasteiger charge is 2.26. The Bertz CT molecular complexity index is 582. The SMILES string of the molecule is CCN(c1cc([N+](=O)[O-])cc(C(=O)O)c1C)C1CCOCC1. The van der Waals surface area contributed by atoms with Crippen molar-refractivity contribution < 1.29 is 19.6 Å². The van der Waals surface area contributed by atoms with E-state index in [1.807, 2.05) is 6.92 Å². The molecule has 120 valence electrons. The summed E-state index contributed by atoms with van der Waals surface area (Å²) in [5.41, 5.74) is 0.977. The number of hydrogen-bond acceptors (Lipinski definition) is 5. The lowest BCUT2D eigenvalue weighted by Gasteiger charge is -2.36. The van der Waals surface area contributed by atoms with Crippen LogP contribution in [-0.2, 0) is 4.74 Å². The van der Waals surface area contributed by atoms with Gasteiger partial charge >= 0.3 is 5.97 Å². The van der Waals surface area contributed by atoms with E-state index in [0.717, 1.165) is 18.9 Å². The lowest BCUT2D eigenvalue weighted by Crippen LogP contribution is -2.40. The summed E-state index contributed by atoms with van der Waals surface area (Å²) in [6.45, 7) is 5.63. The number of hydrogen-bond donors (Lipinski definition) is 1. The summed E-state index contributed by atoms with van der Waals surface area (Å²) in [5, 5.41) is 20.4. The van der Waals surface area contributed by atoms with Gasteiger partial charge in [0.05, 0.1) is 10.5 Å². The minimum atomic E-state index is -1.15. The molecule has 0 amide bonds. The van der Waals surface area contributed by atoms with Crippen molar-refractivity contribution in [2.45, 2.75) is 32.7 Å². The van der Waals surface area contributed by atoms with E-state index in [1.165, 1.54) is 6.07 Å². The molecule has 1 aliphatic rings. The molecule has 7 nitrogen and oxygen atoms in total. The molecule has 0 unspecified atom stereocenters. The second-order valence-electron chi connectivity index (χ2n) is 5.33. The molecule has 7 heteroatoms. The number of nitro groups is 1. The molecule has 0 aromatic heterocycles. The lowest BCUT2D eigenvalue weighted by molar-refractivity contribution is -0.384. The highest BCUT2D eigenvalue weighted by atomic mass is 16.6. The van der Waals surface area contributed by atoms with Crippen molar-refractivity contribution in [2.75, 3.05) is 24.7 Å². The van der Waals surface area contributed by atoms with Crippen LogP contribution in [0.1, 0.15) is 35.7 Å². The normalized spacial score (nSPS) is 15.5. The zero-order chi connectivity index (χ0) is 16.3. The van der Waals surface area contributed by atoms with Gasteiger partial charge in [-0.25, -0.2) is 4.79 Å². The van der Waals surface area contributed by atoms with Crippen LogP contribution >= 0.6 is 0 Å². The predicted molar refractivity (Wildman–Crippen MR) is 81.7 cm³/mol. The number of rotatable bonds is 5. The largest absolute Gasteiger partial charge is 0.478 e. The smallest absolute Gasteiger partial charge is 0.336 e. The Balaban J connectivity index is 2.50. The number of ether oxygens (including phenoxy) is 1. The summed E-state index contributed by atoms with van der Waals surface area (Å²) in [6, 6.07) is 2.81. The van der Waals surface area contributed by atoms with Crippen molar-refractivity contribution >= 4 is 17.3 Å². The molecular weight excluding hydrogens is 288 g/mol. The van der Waals surface area contributed by atoms with Crippen molar-refractivity contribution in [3.63, 3.8) is 0 Å². The Labute approximate surface area is 128 Å². The average molecular weight is 308 g/mol. The lowest BCUT2D eigenvalue weighted by atomic mass is 10.0. The molecule has 2 rings (SSSR count). The maximum Gasteiger partial charge on any atom is 0.336 e. The zero-order valence-electron chi connectivity index (χ0n) is 12.7. The number of nitro benzene ring substituents is 1. The standard InChI is InChI=1S/C15H20N2O5/c1-3-16(11-4-6-22-7-5-11)14-9-12(17(20)21)8-13(10(14)2)15(18)19/h8-9,11H,3-7H2,1-2H3,(H,18,19). The molecule has 0 spiro atoms. The van der Waals surface area contributed by atoms with Gasteiger partial charge in [-0.05, 0) is 32.3 Å². The molecule has 1 saturated heterocycles. The van der Waals surface area contributed by atoms with Crippen LogP contribution in [-0.4, -0.2) is 41.8 Å². The van der Waals surface area contributed by atoms with Gasteiger partial charge in [-0.3, -0.25) is 10.1 Å². The van der Waals surface area contributed by atoms with E-state index in [2.05, 4.69) is 4.90 Å². The van der Waals surface area contributed by atoms with Crippen LogP contribution < -0.4 is 4.90 Å². The predicted octanol–water partition coefficient (Wildman–Crippen LogP) is 2.61. The van der Waals surface area contributed by atoms with Gasteiger partial charge in [-0.1, -0.05) is 0 Å². The molecule has 0 radical (unpaired) electrons. The maximum atomic E-state index is 11.4. The number of carboxylic acid groups (broad SMARTS) is 1. The first kappa shape index (κ1) is 16.2. The first-order valence-electron chi connectivity index (χ1n) is 7.32. The summed E-state index contributed by atoms with van der Waals surface area (Å²) in [7, 11) is 0. The van der Waals surface area contributed by atoms with Crippen LogP contribution in [0.5, 0.6) is 0 Å². The molecule has 1 fully saturated rings. The Morgan fingerprint density at radius 1 is 1.45 bits per heavy atom. The highest BCUT2D eigenvalue weighted by Crippen LogP contribution is 2.32. The number of non-ortho nitro benzene ring substituents is 1. The van der Waals surface area contributed by atoms with Gasteiger partial charge in [0.15, 0.2) is 0 Å². The van der Waals surface area contributed by atoms with Crippen molar-refractivity contribution in [1.29, 1.82) is 0 Å². The van der Waals surface area contributed by atoms with Gasteiger partial charge in [-0.15, -0.1) is 0 Å². The first-order chi connectivity index (χ1) is 10.5. The topological polar surface area (TPSA) is 92.9 Å². The summed E-state index contributed by atoms with van der Waals surface area (Å²) >= 11 is 0. The van der Waals surface area contributed by atoms with Crippen molar-refractivity contribution in [2.24, 2.45) is 0 Å². The number of carbonyl (C=O) groups is 1. The number of benzene rings is 1. The van der Waals surface area contributed by atoms with E-state index in [0.29, 0.717) is 31.0 Å². The number of anilines is 1. The number of carboxylic acids is 1. The third-order valence-electron chi connectivity index (χ3n) is 4.09. The second kappa shape index (κ2) is 6.74. The second-order valence-corrected chi connectivity index (χ2v) is 5.33. The summed E-state index contributed by atoms with van der Waals surface area (Å²) in [4.78, 5) is 24.0.